The number of rotatable bonds is 5. The van der Waals surface area contributed by atoms with E-state index in [9.17, 15) is 14.4 Å². The van der Waals surface area contributed by atoms with Gasteiger partial charge in [0.05, 0.1) is 23.7 Å². The molecule has 0 spiro atoms. The molecule has 0 radical (unpaired) electrons. The van der Waals surface area contributed by atoms with Gasteiger partial charge in [-0.25, -0.2) is 9.79 Å². The highest BCUT2D eigenvalue weighted by atomic mass is 16.5. The van der Waals surface area contributed by atoms with Gasteiger partial charge < -0.3 is 21.1 Å². The Balaban J connectivity index is 1.68. The van der Waals surface area contributed by atoms with E-state index in [1.807, 2.05) is 18.2 Å². The lowest BCUT2D eigenvalue weighted by molar-refractivity contribution is -0.137. The number of carbonyl (C=O) groups is 3. The number of hydrazone groups is 1. The summed E-state index contributed by atoms with van der Waals surface area (Å²) in [5, 5.41) is 11.6. The summed E-state index contributed by atoms with van der Waals surface area (Å²) >= 11 is 0. The number of nitrogens with two attached hydrogens (primary N) is 1. The zero-order valence-electron chi connectivity index (χ0n) is 18.7. The molecule has 0 fully saturated rings. The minimum absolute atomic E-state index is 0.00954. The molecule has 2 aliphatic rings. The van der Waals surface area contributed by atoms with Crippen LogP contribution in [0.2, 0.25) is 0 Å². The first-order valence-corrected chi connectivity index (χ1v) is 10.7. The number of amidine groups is 1. The number of nitrogens with zero attached hydrogens (tertiary/aromatic N) is 3. The van der Waals surface area contributed by atoms with Crippen LogP contribution in [0.15, 0.2) is 76.0 Å². The van der Waals surface area contributed by atoms with E-state index in [2.05, 4.69) is 20.7 Å². The number of fused-ring (bicyclic) bond motifs is 1. The monoisotopic (exact) mass is 460 g/mol. The summed E-state index contributed by atoms with van der Waals surface area (Å²) in [7, 11) is 0. The molecule has 4 N–H and O–H groups in total. The van der Waals surface area contributed by atoms with E-state index in [0.717, 1.165) is 0 Å². The summed E-state index contributed by atoms with van der Waals surface area (Å²) in [6, 6.07) is 15.3. The highest BCUT2D eigenvalue weighted by Crippen LogP contribution is 2.30. The Hall–Kier alpha value is -4.47. The number of esters is 1. The van der Waals surface area contributed by atoms with Crippen molar-refractivity contribution in [2.24, 2.45) is 15.8 Å². The maximum Gasteiger partial charge on any atom is 0.343 e. The zero-order valence-corrected chi connectivity index (χ0v) is 18.7. The average Bonchev–Trinajstić information content (AvgIpc) is 3.22. The number of primary amides is 1. The van der Waals surface area contributed by atoms with Crippen LogP contribution in [0.25, 0.3) is 0 Å². The molecule has 1 unspecified atom stereocenters. The van der Waals surface area contributed by atoms with E-state index in [1.54, 1.807) is 50.2 Å². The highest BCUT2D eigenvalue weighted by Gasteiger charge is 2.36. The van der Waals surface area contributed by atoms with Crippen LogP contribution >= 0.6 is 0 Å². The van der Waals surface area contributed by atoms with Gasteiger partial charge in [0.1, 0.15) is 23.2 Å². The van der Waals surface area contributed by atoms with Crippen LogP contribution in [0.3, 0.4) is 0 Å². The van der Waals surface area contributed by atoms with Gasteiger partial charge in [-0.3, -0.25) is 14.6 Å². The van der Waals surface area contributed by atoms with Crippen molar-refractivity contribution in [2.45, 2.75) is 26.3 Å². The fourth-order valence-corrected chi connectivity index (χ4v) is 3.71. The van der Waals surface area contributed by atoms with Crippen molar-refractivity contribution in [1.29, 1.82) is 0 Å². The molecule has 0 bridgehead atoms. The maximum absolute atomic E-state index is 13.2. The minimum atomic E-state index is -0.816. The number of nitrogens with one attached hydrogen (secondary N) is 2. The van der Waals surface area contributed by atoms with Gasteiger partial charge in [-0.15, -0.1) is 0 Å². The van der Waals surface area contributed by atoms with Gasteiger partial charge in [-0.05, 0) is 38.1 Å². The Labute approximate surface area is 196 Å². The molecule has 34 heavy (non-hydrogen) atoms. The number of amides is 2. The predicted octanol–water partition coefficient (Wildman–Crippen LogP) is 2.22. The SMILES string of the molecule is CCOC(=O)C1=C(C)Nc2ccccc2N=C1NC(=O)C1=NN(c2ccccc2)C(C(N)=O)C1. The summed E-state index contributed by atoms with van der Waals surface area (Å²) in [4.78, 5) is 42.5. The van der Waals surface area contributed by atoms with Crippen molar-refractivity contribution < 1.29 is 19.1 Å². The second-order valence-corrected chi connectivity index (χ2v) is 7.63. The van der Waals surface area contributed by atoms with Gasteiger partial charge in [0.25, 0.3) is 5.91 Å². The van der Waals surface area contributed by atoms with Crippen molar-refractivity contribution in [1.82, 2.24) is 5.32 Å². The smallest absolute Gasteiger partial charge is 0.343 e. The van der Waals surface area contributed by atoms with Crippen LogP contribution in [0.1, 0.15) is 20.3 Å². The van der Waals surface area contributed by atoms with Crippen molar-refractivity contribution in [2.75, 3.05) is 16.9 Å². The van der Waals surface area contributed by atoms with Gasteiger partial charge in [-0.1, -0.05) is 30.3 Å². The molecule has 2 aromatic rings. The quantitative estimate of drug-likeness (QED) is 0.585. The summed E-state index contributed by atoms with van der Waals surface area (Å²) in [6.45, 7) is 3.55. The number of hydrogen-bond acceptors (Lipinski definition) is 8. The van der Waals surface area contributed by atoms with E-state index < -0.39 is 23.8 Å². The molecule has 2 aromatic carbocycles. The van der Waals surface area contributed by atoms with Crippen LogP contribution in [0.5, 0.6) is 0 Å². The first kappa shape index (κ1) is 22.7. The molecule has 10 nitrogen and oxygen atoms in total. The van der Waals surface area contributed by atoms with Crippen molar-refractivity contribution in [3.8, 4) is 0 Å². The number of carbonyl (C=O) groups excluding carboxylic acids is 3. The van der Waals surface area contributed by atoms with Gasteiger partial charge in [0.2, 0.25) is 5.91 Å². The number of ether oxygens (including phenoxy) is 1. The molecular formula is C24H24N6O4. The number of hydrogen-bond donors (Lipinski definition) is 3. The fourth-order valence-electron chi connectivity index (χ4n) is 3.71. The minimum Gasteiger partial charge on any atom is -0.462 e. The Morgan fingerprint density at radius 1 is 1.15 bits per heavy atom. The molecule has 0 saturated heterocycles. The summed E-state index contributed by atoms with van der Waals surface area (Å²) in [5.41, 5.74) is 8.06. The molecule has 10 heteroatoms. The number of para-hydroxylation sites is 3. The summed E-state index contributed by atoms with van der Waals surface area (Å²) in [6.07, 6.45) is 0.00954. The molecular weight excluding hydrogens is 436 g/mol. The van der Waals surface area contributed by atoms with Gasteiger partial charge in [0.15, 0.2) is 0 Å². The van der Waals surface area contributed by atoms with Crippen LogP contribution < -0.4 is 21.4 Å². The van der Waals surface area contributed by atoms with Crippen molar-refractivity contribution in [3.05, 3.63) is 65.9 Å². The molecule has 0 aromatic heterocycles. The van der Waals surface area contributed by atoms with E-state index >= 15 is 0 Å². The van der Waals surface area contributed by atoms with E-state index in [-0.39, 0.29) is 30.1 Å². The third-order valence-corrected chi connectivity index (χ3v) is 5.30. The highest BCUT2D eigenvalue weighted by molar-refractivity contribution is 6.44. The number of aliphatic imine (C=N–C) groups is 1. The summed E-state index contributed by atoms with van der Waals surface area (Å²) < 4.78 is 5.20. The topological polar surface area (TPSA) is 138 Å². The summed E-state index contributed by atoms with van der Waals surface area (Å²) in [5.74, 6) is -1.82. The van der Waals surface area contributed by atoms with Crippen LogP contribution in [0.4, 0.5) is 17.1 Å². The normalized spacial score (nSPS) is 17.1. The second-order valence-electron chi connectivity index (χ2n) is 7.63. The van der Waals surface area contributed by atoms with Gasteiger partial charge in [-0.2, -0.15) is 5.10 Å². The first-order chi connectivity index (χ1) is 16.4. The Morgan fingerprint density at radius 2 is 1.85 bits per heavy atom. The number of allylic oxidation sites excluding steroid dienone is 1. The van der Waals surface area contributed by atoms with Gasteiger partial charge >= 0.3 is 5.97 Å². The Morgan fingerprint density at radius 3 is 2.56 bits per heavy atom. The van der Waals surface area contributed by atoms with E-state index in [1.165, 1.54) is 5.01 Å². The number of anilines is 2. The standard InChI is InChI=1S/C24H24N6O4/c1-3-34-24(33)20-14(2)26-16-11-7-8-12-17(16)27-22(20)28-23(32)18-13-19(21(25)31)30(29-18)15-9-5-4-6-10-15/h4-12,19,26H,3,13H2,1-2H3,(H2,25,31)(H,27,28,32). The molecule has 2 heterocycles. The van der Waals surface area contributed by atoms with Crippen molar-refractivity contribution in [3.63, 3.8) is 0 Å². The number of benzene rings is 2. The van der Waals surface area contributed by atoms with Crippen LogP contribution in [-0.4, -0.2) is 42.0 Å². The van der Waals surface area contributed by atoms with E-state index in [0.29, 0.717) is 22.8 Å². The lowest BCUT2D eigenvalue weighted by Gasteiger charge is -2.20. The Kier molecular flexibility index (Phi) is 6.39. The first-order valence-electron chi connectivity index (χ1n) is 10.7. The van der Waals surface area contributed by atoms with Crippen LogP contribution in [0, 0.1) is 0 Å². The molecule has 2 aliphatic heterocycles. The predicted molar refractivity (Wildman–Crippen MR) is 129 cm³/mol. The molecule has 0 aliphatic carbocycles. The second kappa shape index (κ2) is 9.57. The largest absolute Gasteiger partial charge is 0.462 e. The molecule has 4 rings (SSSR count). The average molecular weight is 460 g/mol. The Bertz CT molecular complexity index is 1240. The van der Waals surface area contributed by atoms with E-state index in [4.69, 9.17) is 10.5 Å². The van der Waals surface area contributed by atoms with Crippen molar-refractivity contribution >= 4 is 46.4 Å². The molecule has 2 amide bonds. The lowest BCUT2D eigenvalue weighted by Crippen LogP contribution is -2.41. The lowest BCUT2D eigenvalue weighted by atomic mass is 10.1. The molecule has 174 valence electrons. The van der Waals surface area contributed by atoms with Crippen LogP contribution in [-0.2, 0) is 19.1 Å². The van der Waals surface area contributed by atoms with Gasteiger partial charge in [0, 0.05) is 12.1 Å². The molecule has 1 atom stereocenters. The molecule has 0 saturated carbocycles. The fraction of sp³-hybridized carbons (Fsp3) is 0.208. The third kappa shape index (κ3) is 4.51. The third-order valence-electron chi connectivity index (χ3n) is 5.30. The maximum atomic E-state index is 13.2. The zero-order chi connectivity index (χ0) is 24.2.